The second-order valence-electron chi connectivity index (χ2n) is 4.94. The van der Waals surface area contributed by atoms with E-state index in [0.717, 1.165) is 5.56 Å². The van der Waals surface area contributed by atoms with Gasteiger partial charge in [-0.3, -0.25) is 9.59 Å². The van der Waals surface area contributed by atoms with Gasteiger partial charge >= 0.3 is 0 Å². The lowest BCUT2D eigenvalue weighted by Crippen LogP contribution is -2.20. The highest BCUT2D eigenvalue weighted by Crippen LogP contribution is 2.23. The van der Waals surface area contributed by atoms with Gasteiger partial charge in [-0.15, -0.1) is 0 Å². The molecule has 5 heteroatoms. The highest BCUT2D eigenvalue weighted by Gasteiger charge is 2.18. The molecule has 0 radical (unpaired) electrons. The van der Waals surface area contributed by atoms with E-state index in [0.29, 0.717) is 22.7 Å². The third kappa shape index (κ3) is 3.86. The minimum Gasteiger partial charge on any atom is -0.366 e. The summed E-state index contributed by atoms with van der Waals surface area (Å²) in [6, 6.07) is 13.7. The quantitative estimate of drug-likeness (QED) is 0.885. The van der Waals surface area contributed by atoms with E-state index in [2.05, 4.69) is 5.32 Å². The molecular formula is C17H17ClN2O2. The number of anilines is 1. The zero-order chi connectivity index (χ0) is 16.1. The summed E-state index contributed by atoms with van der Waals surface area (Å²) in [6.45, 7) is 1.95. The lowest BCUT2D eigenvalue weighted by molar-refractivity contribution is -0.117. The molecule has 2 aromatic rings. The van der Waals surface area contributed by atoms with Gasteiger partial charge in [0, 0.05) is 16.3 Å². The number of benzene rings is 2. The Balaban J connectivity index is 2.12. The topological polar surface area (TPSA) is 72.2 Å². The molecule has 0 aromatic heterocycles. The molecule has 0 saturated carbocycles. The minimum absolute atomic E-state index is 0.100. The number of nitrogens with two attached hydrogens (primary N) is 1. The van der Waals surface area contributed by atoms with Gasteiger partial charge in [0.2, 0.25) is 11.8 Å². The van der Waals surface area contributed by atoms with Gasteiger partial charge in [-0.05, 0) is 48.4 Å². The number of hydrogen-bond donors (Lipinski definition) is 2. The van der Waals surface area contributed by atoms with Crippen LogP contribution in [0.15, 0.2) is 48.5 Å². The van der Waals surface area contributed by atoms with E-state index in [1.54, 1.807) is 36.4 Å². The van der Waals surface area contributed by atoms with Crippen molar-refractivity contribution in [3.63, 3.8) is 0 Å². The van der Waals surface area contributed by atoms with Crippen LogP contribution >= 0.6 is 11.6 Å². The molecule has 4 nitrogen and oxygen atoms in total. The monoisotopic (exact) mass is 316 g/mol. The number of carbonyl (C=O) groups excluding carboxylic acids is 2. The number of rotatable bonds is 5. The smallest absolute Gasteiger partial charge is 0.248 e. The van der Waals surface area contributed by atoms with E-state index in [9.17, 15) is 9.59 Å². The fourth-order valence-corrected chi connectivity index (χ4v) is 2.34. The first kappa shape index (κ1) is 16.0. The molecular weight excluding hydrogens is 300 g/mol. The standard InChI is InChI=1S/C17H17ClN2O2/c1-2-15(11-3-7-13(18)8-4-11)17(22)20-14-9-5-12(6-10-14)16(19)21/h3-10,15H,2H2,1H3,(H2,19,21)(H,20,22). The summed E-state index contributed by atoms with van der Waals surface area (Å²) in [4.78, 5) is 23.4. The molecule has 0 aliphatic heterocycles. The van der Waals surface area contributed by atoms with Crippen molar-refractivity contribution in [2.75, 3.05) is 5.32 Å². The Bertz CT molecular complexity index is 666. The van der Waals surface area contributed by atoms with Gasteiger partial charge in [-0.1, -0.05) is 30.7 Å². The third-order valence-electron chi connectivity index (χ3n) is 3.43. The first-order valence-electron chi connectivity index (χ1n) is 6.97. The molecule has 0 spiro atoms. The average Bonchev–Trinajstić information content (AvgIpc) is 2.50. The van der Waals surface area contributed by atoms with Crippen LogP contribution < -0.4 is 11.1 Å². The summed E-state index contributed by atoms with van der Waals surface area (Å²) < 4.78 is 0. The van der Waals surface area contributed by atoms with Crippen LogP contribution in [0.1, 0.15) is 35.2 Å². The van der Waals surface area contributed by atoms with Crippen LogP contribution in [0.5, 0.6) is 0 Å². The van der Waals surface area contributed by atoms with Gasteiger partial charge in [-0.25, -0.2) is 0 Å². The molecule has 2 amide bonds. The van der Waals surface area contributed by atoms with E-state index in [-0.39, 0.29) is 11.8 Å². The van der Waals surface area contributed by atoms with Crippen LogP contribution in [0.3, 0.4) is 0 Å². The average molecular weight is 317 g/mol. The highest BCUT2D eigenvalue weighted by molar-refractivity contribution is 6.30. The number of amides is 2. The molecule has 114 valence electrons. The molecule has 0 heterocycles. The van der Waals surface area contributed by atoms with E-state index in [1.807, 2.05) is 19.1 Å². The Morgan fingerprint density at radius 2 is 1.68 bits per heavy atom. The summed E-state index contributed by atoms with van der Waals surface area (Å²) in [5.74, 6) is -0.852. The van der Waals surface area contributed by atoms with E-state index >= 15 is 0 Å². The van der Waals surface area contributed by atoms with Crippen molar-refractivity contribution in [2.45, 2.75) is 19.3 Å². The molecule has 22 heavy (non-hydrogen) atoms. The zero-order valence-electron chi connectivity index (χ0n) is 12.2. The first-order valence-corrected chi connectivity index (χ1v) is 7.35. The maximum Gasteiger partial charge on any atom is 0.248 e. The van der Waals surface area contributed by atoms with Crippen molar-refractivity contribution in [2.24, 2.45) is 5.73 Å². The van der Waals surface area contributed by atoms with Gasteiger partial charge in [0.05, 0.1) is 5.92 Å². The van der Waals surface area contributed by atoms with Gasteiger partial charge in [0.15, 0.2) is 0 Å². The van der Waals surface area contributed by atoms with Crippen molar-refractivity contribution in [3.8, 4) is 0 Å². The molecule has 2 rings (SSSR count). The van der Waals surface area contributed by atoms with Crippen LogP contribution in [-0.4, -0.2) is 11.8 Å². The number of hydrogen-bond acceptors (Lipinski definition) is 2. The van der Waals surface area contributed by atoms with Gasteiger partial charge in [0.25, 0.3) is 0 Å². The molecule has 0 fully saturated rings. The van der Waals surface area contributed by atoms with E-state index in [1.165, 1.54) is 0 Å². The number of carbonyl (C=O) groups is 2. The normalized spacial score (nSPS) is 11.7. The maximum absolute atomic E-state index is 12.4. The lowest BCUT2D eigenvalue weighted by Gasteiger charge is -2.15. The van der Waals surface area contributed by atoms with Crippen molar-refractivity contribution >= 4 is 29.1 Å². The van der Waals surface area contributed by atoms with Gasteiger partial charge in [0.1, 0.15) is 0 Å². The Morgan fingerprint density at radius 1 is 1.09 bits per heavy atom. The Morgan fingerprint density at radius 3 is 2.18 bits per heavy atom. The van der Waals surface area contributed by atoms with E-state index in [4.69, 9.17) is 17.3 Å². The number of halogens is 1. The largest absolute Gasteiger partial charge is 0.366 e. The Kier molecular flexibility index (Phi) is 5.17. The molecule has 0 bridgehead atoms. The Labute approximate surface area is 134 Å². The fourth-order valence-electron chi connectivity index (χ4n) is 2.21. The molecule has 2 aromatic carbocycles. The van der Waals surface area contributed by atoms with Crippen molar-refractivity contribution in [1.82, 2.24) is 0 Å². The molecule has 0 aliphatic carbocycles. The molecule has 1 atom stereocenters. The summed E-state index contributed by atoms with van der Waals surface area (Å²) in [5, 5.41) is 3.49. The maximum atomic E-state index is 12.4. The van der Waals surface area contributed by atoms with Crippen LogP contribution in [0.25, 0.3) is 0 Å². The van der Waals surface area contributed by atoms with Gasteiger partial charge in [-0.2, -0.15) is 0 Å². The van der Waals surface area contributed by atoms with Crippen LogP contribution in [0.4, 0.5) is 5.69 Å². The second kappa shape index (κ2) is 7.09. The minimum atomic E-state index is -0.495. The third-order valence-corrected chi connectivity index (χ3v) is 3.69. The SMILES string of the molecule is CCC(C(=O)Nc1ccc(C(N)=O)cc1)c1ccc(Cl)cc1. The van der Waals surface area contributed by atoms with Crippen molar-refractivity contribution in [3.05, 3.63) is 64.7 Å². The number of primary amides is 1. The molecule has 0 saturated heterocycles. The predicted octanol–water partition coefficient (Wildman–Crippen LogP) is 3.57. The predicted molar refractivity (Wildman–Crippen MR) is 88.1 cm³/mol. The summed E-state index contributed by atoms with van der Waals surface area (Å²) >= 11 is 5.87. The summed E-state index contributed by atoms with van der Waals surface area (Å²) in [5.41, 5.74) is 7.13. The second-order valence-corrected chi connectivity index (χ2v) is 5.38. The highest BCUT2D eigenvalue weighted by atomic mass is 35.5. The number of nitrogens with one attached hydrogen (secondary N) is 1. The first-order chi connectivity index (χ1) is 10.5. The molecule has 0 aliphatic rings. The van der Waals surface area contributed by atoms with Crippen molar-refractivity contribution in [1.29, 1.82) is 0 Å². The fraction of sp³-hybridized carbons (Fsp3) is 0.176. The summed E-state index contributed by atoms with van der Waals surface area (Å²) in [6.07, 6.45) is 0.673. The molecule has 3 N–H and O–H groups in total. The summed E-state index contributed by atoms with van der Waals surface area (Å²) in [7, 11) is 0. The zero-order valence-corrected chi connectivity index (χ0v) is 12.9. The van der Waals surface area contributed by atoms with Crippen molar-refractivity contribution < 1.29 is 9.59 Å². The van der Waals surface area contributed by atoms with E-state index < -0.39 is 5.91 Å². The molecule has 1 unspecified atom stereocenters. The Hall–Kier alpha value is -2.33. The van der Waals surface area contributed by atoms with Gasteiger partial charge < -0.3 is 11.1 Å². The van der Waals surface area contributed by atoms with Crippen LogP contribution in [-0.2, 0) is 4.79 Å². The van der Waals surface area contributed by atoms with Crippen LogP contribution in [0.2, 0.25) is 5.02 Å². The lowest BCUT2D eigenvalue weighted by atomic mass is 9.95. The van der Waals surface area contributed by atoms with Crippen LogP contribution in [0, 0.1) is 0 Å².